The van der Waals surface area contributed by atoms with Crippen LogP contribution in [0.5, 0.6) is 17.2 Å². The highest BCUT2D eigenvalue weighted by atomic mass is 16.6. The molecule has 1 fully saturated rings. The van der Waals surface area contributed by atoms with Crippen LogP contribution in [0.2, 0.25) is 0 Å². The molecule has 1 aliphatic carbocycles. The molecule has 1 atom stereocenters. The maximum absolute atomic E-state index is 12.8. The lowest BCUT2D eigenvalue weighted by molar-refractivity contribution is -0.116. The van der Waals surface area contributed by atoms with Crippen molar-refractivity contribution in [3.05, 3.63) is 48.0 Å². The fourth-order valence-electron chi connectivity index (χ4n) is 3.60. The third-order valence-corrected chi connectivity index (χ3v) is 5.05. The molecule has 1 aliphatic heterocycles. The number of anilines is 1. The van der Waals surface area contributed by atoms with Crippen LogP contribution in [0.1, 0.15) is 37.7 Å². The zero-order valence-electron chi connectivity index (χ0n) is 15.6. The first-order chi connectivity index (χ1) is 13.2. The zero-order valence-corrected chi connectivity index (χ0v) is 15.6. The lowest BCUT2D eigenvalue weighted by Gasteiger charge is -2.22. The SMILES string of the molecule is CCOc1ccccc1NC(=O)CC(c1ccc2c(c1)OCCO2)C1CC1. The molecule has 0 spiro atoms. The minimum Gasteiger partial charge on any atom is -0.492 e. The van der Waals surface area contributed by atoms with E-state index in [1.807, 2.05) is 43.3 Å². The van der Waals surface area contributed by atoms with Gasteiger partial charge in [-0.2, -0.15) is 0 Å². The van der Waals surface area contributed by atoms with Crippen molar-refractivity contribution in [2.45, 2.75) is 32.1 Å². The summed E-state index contributed by atoms with van der Waals surface area (Å²) in [6, 6.07) is 13.6. The molecule has 0 bridgehead atoms. The summed E-state index contributed by atoms with van der Waals surface area (Å²) in [5.74, 6) is 3.03. The van der Waals surface area contributed by atoms with Crippen LogP contribution < -0.4 is 19.5 Å². The number of fused-ring (bicyclic) bond motifs is 1. The first-order valence-electron chi connectivity index (χ1n) is 9.66. The van der Waals surface area contributed by atoms with Crippen molar-refractivity contribution in [3.8, 4) is 17.2 Å². The summed E-state index contributed by atoms with van der Waals surface area (Å²) in [6.07, 6.45) is 2.79. The summed E-state index contributed by atoms with van der Waals surface area (Å²) < 4.78 is 16.9. The smallest absolute Gasteiger partial charge is 0.225 e. The molecule has 0 aromatic heterocycles. The topological polar surface area (TPSA) is 56.8 Å². The van der Waals surface area contributed by atoms with E-state index in [0.29, 0.717) is 37.9 Å². The lowest BCUT2D eigenvalue weighted by atomic mass is 9.90. The average Bonchev–Trinajstić information content (AvgIpc) is 3.53. The number of hydrogen-bond donors (Lipinski definition) is 1. The standard InChI is InChI=1S/C22H25NO4/c1-2-25-19-6-4-3-5-18(19)23-22(24)14-17(15-7-8-15)16-9-10-20-21(13-16)27-12-11-26-20/h3-6,9-10,13,15,17H,2,7-8,11-12,14H2,1H3,(H,23,24). The largest absolute Gasteiger partial charge is 0.492 e. The minimum atomic E-state index is 0.00828. The van der Waals surface area contributed by atoms with E-state index in [4.69, 9.17) is 14.2 Å². The van der Waals surface area contributed by atoms with Gasteiger partial charge in [0.05, 0.1) is 12.3 Å². The van der Waals surface area contributed by atoms with Gasteiger partial charge < -0.3 is 19.5 Å². The second-order valence-corrected chi connectivity index (χ2v) is 7.03. The molecule has 1 unspecified atom stereocenters. The third kappa shape index (κ3) is 4.18. The van der Waals surface area contributed by atoms with Crippen molar-refractivity contribution >= 4 is 11.6 Å². The summed E-state index contributed by atoms with van der Waals surface area (Å²) in [5.41, 5.74) is 1.87. The highest BCUT2D eigenvalue weighted by Crippen LogP contribution is 2.46. The number of ether oxygens (including phenoxy) is 3. The van der Waals surface area contributed by atoms with Crippen molar-refractivity contribution in [3.63, 3.8) is 0 Å². The van der Waals surface area contributed by atoms with Crippen LogP contribution in [0.4, 0.5) is 5.69 Å². The first kappa shape index (κ1) is 17.7. The number of amides is 1. The van der Waals surface area contributed by atoms with Gasteiger partial charge in [0.2, 0.25) is 5.91 Å². The predicted octanol–water partition coefficient (Wildman–Crippen LogP) is 4.38. The second kappa shape index (κ2) is 7.91. The highest BCUT2D eigenvalue weighted by Gasteiger charge is 2.34. The number of carbonyl (C=O) groups is 1. The Hall–Kier alpha value is -2.69. The van der Waals surface area contributed by atoms with Gasteiger partial charge in [-0.25, -0.2) is 0 Å². The Morgan fingerprint density at radius 1 is 1.15 bits per heavy atom. The summed E-state index contributed by atoms with van der Waals surface area (Å²) in [5, 5.41) is 3.02. The molecule has 1 heterocycles. The summed E-state index contributed by atoms with van der Waals surface area (Å²) in [6.45, 7) is 3.65. The Bertz CT molecular complexity index is 816. The van der Waals surface area contributed by atoms with Crippen LogP contribution in [-0.4, -0.2) is 25.7 Å². The molecule has 5 heteroatoms. The van der Waals surface area contributed by atoms with E-state index in [0.717, 1.165) is 22.7 Å². The number of nitrogens with one attached hydrogen (secondary N) is 1. The van der Waals surface area contributed by atoms with E-state index in [1.165, 1.54) is 12.8 Å². The van der Waals surface area contributed by atoms with E-state index in [2.05, 4.69) is 11.4 Å². The van der Waals surface area contributed by atoms with Crippen molar-refractivity contribution in [2.24, 2.45) is 5.92 Å². The molecule has 0 saturated heterocycles. The van der Waals surface area contributed by atoms with E-state index in [9.17, 15) is 4.79 Å². The van der Waals surface area contributed by atoms with Crippen LogP contribution in [0.15, 0.2) is 42.5 Å². The van der Waals surface area contributed by atoms with E-state index >= 15 is 0 Å². The molecule has 5 nitrogen and oxygen atoms in total. The number of benzene rings is 2. The van der Waals surface area contributed by atoms with E-state index in [-0.39, 0.29) is 11.8 Å². The quantitative estimate of drug-likeness (QED) is 0.789. The predicted molar refractivity (Wildman–Crippen MR) is 104 cm³/mol. The maximum atomic E-state index is 12.8. The van der Waals surface area contributed by atoms with Crippen molar-refractivity contribution in [1.82, 2.24) is 0 Å². The Balaban J connectivity index is 1.48. The van der Waals surface area contributed by atoms with E-state index in [1.54, 1.807) is 0 Å². The van der Waals surface area contributed by atoms with Crippen molar-refractivity contribution in [1.29, 1.82) is 0 Å². The molecule has 0 radical (unpaired) electrons. The monoisotopic (exact) mass is 367 g/mol. The molecule has 2 aromatic rings. The molecule has 1 saturated carbocycles. The minimum absolute atomic E-state index is 0.00828. The van der Waals surface area contributed by atoms with Crippen LogP contribution in [0.25, 0.3) is 0 Å². The van der Waals surface area contributed by atoms with Gasteiger partial charge in [0, 0.05) is 6.42 Å². The molecule has 1 N–H and O–H groups in total. The molecule has 2 aromatic carbocycles. The molecular formula is C22H25NO4. The van der Waals surface area contributed by atoms with Gasteiger partial charge in [-0.15, -0.1) is 0 Å². The first-order valence-corrected chi connectivity index (χ1v) is 9.66. The zero-order chi connectivity index (χ0) is 18.6. The van der Waals surface area contributed by atoms with Gasteiger partial charge in [-0.05, 0) is 61.4 Å². The van der Waals surface area contributed by atoms with Crippen LogP contribution in [0.3, 0.4) is 0 Å². The average molecular weight is 367 g/mol. The van der Waals surface area contributed by atoms with Crippen LogP contribution in [-0.2, 0) is 4.79 Å². The number of rotatable bonds is 7. The Morgan fingerprint density at radius 2 is 1.93 bits per heavy atom. The molecular weight excluding hydrogens is 342 g/mol. The molecule has 4 rings (SSSR count). The van der Waals surface area contributed by atoms with Gasteiger partial charge in [-0.1, -0.05) is 18.2 Å². The second-order valence-electron chi connectivity index (χ2n) is 7.03. The third-order valence-electron chi connectivity index (χ3n) is 5.05. The Kier molecular flexibility index (Phi) is 5.19. The highest BCUT2D eigenvalue weighted by molar-refractivity contribution is 5.92. The summed E-state index contributed by atoms with van der Waals surface area (Å²) in [4.78, 5) is 12.8. The number of para-hydroxylation sites is 2. The fraction of sp³-hybridized carbons (Fsp3) is 0.409. The summed E-state index contributed by atoms with van der Waals surface area (Å²) in [7, 11) is 0. The van der Waals surface area contributed by atoms with Gasteiger partial charge in [-0.3, -0.25) is 4.79 Å². The van der Waals surface area contributed by atoms with Crippen molar-refractivity contribution < 1.29 is 19.0 Å². The molecule has 27 heavy (non-hydrogen) atoms. The normalized spacial score (nSPS) is 16.5. The van der Waals surface area contributed by atoms with Gasteiger partial charge in [0.25, 0.3) is 0 Å². The molecule has 2 aliphatic rings. The van der Waals surface area contributed by atoms with E-state index < -0.39 is 0 Å². The lowest BCUT2D eigenvalue weighted by Crippen LogP contribution is -2.18. The number of hydrogen-bond acceptors (Lipinski definition) is 4. The Morgan fingerprint density at radius 3 is 2.70 bits per heavy atom. The van der Waals surface area contributed by atoms with Gasteiger partial charge >= 0.3 is 0 Å². The van der Waals surface area contributed by atoms with Crippen LogP contribution >= 0.6 is 0 Å². The fourth-order valence-corrected chi connectivity index (χ4v) is 3.60. The summed E-state index contributed by atoms with van der Waals surface area (Å²) >= 11 is 0. The number of carbonyl (C=O) groups excluding carboxylic acids is 1. The Labute approximate surface area is 159 Å². The van der Waals surface area contributed by atoms with Gasteiger partial charge in [0.1, 0.15) is 19.0 Å². The maximum Gasteiger partial charge on any atom is 0.225 e. The molecule has 1 amide bonds. The molecule has 142 valence electrons. The van der Waals surface area contributed by atoms with Gasteiger partial charge in [0.15, 0.2) is 11.5 Å². The van der Waals surface area contributed by atoms with Crippen LogP contribution in [0, 0.1) is 5.92 Å². The van der Waals surface area contributed by atoms with Crippen molar-refractivity contribution in [2.75, 3.05) is 25.1 Å².